The summed E-state index contributed by atoms with van der Waals surface area (Å²) in [4.78, 5) is 11.4. The van der Waals surface area contributed by atoms with Gasteiger partial charge in [0.25, 0.3) is 0 Å². The van der Waals surface area contributed by atoms with Crippen molar-refractivity contribution in [1.29, 1.82) is 0 Å². The van der Waals surface area contributed by atoms with E-state index in [1.807, 2.05) is 0 Å². The van der Waals surface area contributed by atoms with Crippen molar-refractivity contribution in [3.63, 3.8) is 0 Å². The summed E-state index contributed by atoms with van der Waals surface area (Å²) in [7, 11) is -3.38. The number of rotatable bonds is 4. The van der Waals surface area contributed by atoms with Gasteiger partial charge in [0.1, 0.15) is 0 Å². The summed E-state index contributed by atoms with van der Waals surface area (Å²) in [6.07, 6.45) is 1.03. The molecule has 4 N–H and O–H groups in total. The lowest BCUT2D eigenvalue weighted by Crippen LogP contribution is -2.32. The minimum atomic E-state index is -3.38. The molecule has 0 aliphatic rings. The highest BCUT2D eigenvalue weighted by molar-refractivity contribution is 7.92. The van der Waals surface area contributed by atoms with Gasteiger partial charge in [0.05, 0.1) is 28.7 Å². The number of carbonyl (C=O) groups excluding carboxylic acids is 1. The second-order valence-electron chi connectivity index (χ2n) is 3.85. The Morgan fingerprint density at radius 2 is 2.06 bits per heavy atom. The first-order valence-electron chi connectivity index (χ1n) is 5.03. The van der Waals surface area contributed by atoms with Gasteiger partial charge in [-0.2, -0.15) is 0 Å². The topological polar surface area (TPSA) is 101 Å². The van der Waals surface area contributed by atoms with Crippen LogP contribution in [0.25, 0.3) is 0 Å². The number of hydrogen-bond donors (Lipinski definition) is 3. The van der Waals surface area contributed by atoms with E-state index in [0.29, 0.717) is 16.4 Å². The molecular weight excluding hydrogens is 278 g/mol. The van der Waals surface area contributed by atoms with E-state index in [-0.39, 0.29) is 0 Å². The standard InChI is InChI=1S/C10H14ClN3O3S/c1-6(12)10(15)13-9-5-7(3-4-8(9)11)14-18(2,16)17/h3-6,14H,12H2,1-2H3,(H,13,15). The van der Waals surface area contributed by atoms with Gasteiger partial charge in [-0.1, -0.05) is 11.6 Å². The van der Waals surface area contributed by atoms with Crippen LogP contribution in [0, 0.1) is 0 Å². The van der Waals surface area contributed by atoms with Gasteiger partial charge in [-0.3, -0.25) is 9.52 Å². The van der Waals surface area contributed by atoms with Crippen molar-refractivity contribution < 1.29 is 13.2 Å². The average molecular weight is 292 g/mol. The smallest absolute Gasteiger partial charge is 0.241 e. The summed E-state index contributed by atoms with van der Waals surface area (Å²) in [6, 6.07) is 3.70. The summed E-state index contributed by atoms with van der Waals surface area (Å²) in [5.74, 6) is -0.409. The number of sulfonamides is 1. The highest BCUT2D eigenvalue weighted by Gasteiger charge is 2.11. The molecule has 0 bridgehead atoms. The fourth-order valence-electron chi connectivity index (χ4n) is 1.15. The number of nitrogens with two attached hydrogens (primary N) is 1. The summed E-state index contributed by atoms with van der Waals surface area (Å²) in [5, 5.41) is 2.80. The Labute approximate surface area is 111 Å². The average Bonchev–Trinajstić information content (AvgIpc) is 2.20. The van der Waals surface area contributed by atoms with Crippen LogP contribution < -0.4 is 15.8 Å². The molecular formula is C10H14ClN3O3S. The number of halogens is 1. The van der Waals surface area contributed by atoms with Gasteiger partial charge < -0.3 is 11.1 Å². The molecule has 1 aromatic carbocycles. The molecule has 1 atom stereocenters. The molecule has 0 heterocycles. The van der Waals surface area contributed by atoms with E-state index in [2.05, 4.69) is 10.0 Å². The monoisotopic (exact) mass is 291 g/mol. The van der Waals surface area contributed by atoms with E-state index in [1.165, 1.54) is 25.1 Å². The summed E-state index contributed by atoms with van der Waals surface area (Å²) >= 11 is 5.88. The van der Waals surface area contributed by atoms with Gasteiger partial charge in [0.15, 0.2) is 0 Å². The van der Waals surface area contributed by atoms with Crippen LogP contribution in [0.1, 0.15) is 6.92 Å². The van der Waals surface area contributed by atoms with Crippen LogP contribution in [0.5, 0.6) is 0 Å². The first kappa shape index (κ1) is 14.7. The molecule has 0 aliphatic carbocycles. The molecule has 100 valence electrons. The Morgan fingerprint density at radius 1 is 1.44 bits per heavy atom. The molecule has 8 heteroatoms. The van der Waals surface area contributed by atoms with Gasteiger partial charge in [-0.15, -0.1) is 0 Å². The Kier molecular flexibility index (Phi) is 4.55. The zero-order valence-corrected chi connectivity index (χ0v) is 11.5. The Balaban J connectivity index is 2.98. The number of benzene rings is 1. The quantitative estimate of drug-likeness (QED) is 0.770. The fraction of sp³-hybridized carbons (Fsp3) is 0.300. The first-order valence-corrected chi connectivity index (χ1v) is 7.30. The predicted octanol–water partition coefficient (Wildman–Crippen LogP) is 0.997. The highest BCUT2D eigenvalue weighted by Crippen LogP contribution is 2.26. The van der Waals surface area contributed by atoms with Crippen molar-refractivity contribution in [2.24, 2.45) is 5.73 Å². The highest BCUT2D eigenvalue weighted by atomic mass is 35.5. The minimum Gasteiger partial charge on any atom is -0.323 e. The zero-order valence-electron chi connectivity index (χ0n) is 9.90. The molecule has 0 fully saturated rings. The van der Waals surface area contributed by atoms with Crippen LogP contribution in [0.15, 0.2) is 18.2 Å². The van der Waals surface area contributed by atoms with Crippen molar-refractivity contribution in [2.75, 3.05) is 16.3 Å². The van der Waals surface area contributed by atoms with E-state index in [0.717, 1.165) is 6.26 Å². The number of amides is 1. The third kappa shape index (κ3) is 4.52. The largest absolute Gasteiger partial charge is 0.323 e. The second kappa shape index (κ2) is 5.55. The maximum atomic E-state index is 11.4. The molecule has 0 spiro atoms. The normalized spacial score (nSPS) is 12.9. The van der Waals surface area contributed by atoms with Crippen LogP contribution in [-0.2, 0) is 14.8 Å². The lowest BCUT2D eigenvalue weighted by atomic mass is 10.2. The number of carbonyl (C=O) groups is 1. The van der Waals surface area contributed by atoms with E-state index in [9.17, 15) is 13.2 Å². The maximum absolute atomic E-state index is 11.4. The van der Waals surface area contributed by atoms with Gasteiger partial charge in [0.2, 0.25) is 15.9 Å². The van der Waals surface area contributed by atoms with Crippen LogP contribution in [0.4, 0.5) is 11.4 Å². The van der Waals surface area contributed by atoms with Crippen molar-refractivity contribution in [3.05, 3.63) is 23.2 Å². The third-order valence-corrected chi connectivity index (χ3v) is 2.88. The molecule has 0 aliphatic heterocycles. The Hall–Kier alpha value is -1.31. The molecule has 1 amide bonds. The van der Waals surface area contributed by atoms with Crippen LogP contribution in [0.3, 0.4) is 0 Å². The maximum Gasteiger partial charge on any atom is 0.241 e. The van der Waals surface area contributed by atoms with E-state index in [1.54, 1.807) is 0 Å². The molecule has 6 nitrogen and oxygen atoms in total. The molecule has 0 saturated heterocycles. The number of hydrogen-bond acceptors (Lipinski definition) is 4. The lowest BCUT2D eigenvalue weighted by Gasteiger charge is -2.11. The van der Waals surface area contributed by atoms with Crippen molar-refractivity contribution in [1.82, 2.24) is 0 Å². The van der Waals surface area contributed by atoms with E-state index in [4.69, 9.17) is 17.3 Å². The third-order valence-electron chi connectivity index (χ3n) is 1.94. The molecule has 1 aromatic rings. The Bertz CT molecular complexity index is 557. The van der Waals surface area contributed by atoms with Crippen molar-refractivity contribution in [2.45, 2.75) is 13.0 Å². The molecule has 0 radical (unpaired) electrons. The Morgan fingerprint density at radius 3 is 2.56 bits per heavy atom. The summed E-state index contributed by atoms with van der Waals surface area (Å²) < 4.78 is 24.4. The lowest BCUT2D eigenvalue weighted by molar-refractivity contribution is -0.117. The number of anilines is 2. The van der Waals surface area contributed by atoms with Crippen molar-refractivity contribution in [3.8, 4) is 0 Å². The fourth-order valence-corrected chi connectivity index (χ4v) is 1.87. The molecule has 1 unspecified atom stereocenters. The SMILES string of the molecule is CC(N)C(=O)Nc1cc(NS(C)(=O)=O)ccc1Cl. The molecule has 0 saturated carbocycles. The molecule has 18 heavy (non-hydrogen) atoms. The predicted molar refractivity (Wildman–Crippen MR) is 72.2 cm³/mol. The van der Waals surface area contributed by atoms with E-state index >= 15 is 0 Å². The number of nitrogens with one attached hydrogen (secondary N) is 2. The van der Waals surface area contributed by atoms with Crippen LogP contribution >= 0.6 is 11.6 Å². The molecule has 0 aromatic heterocycles. The van der Waals surface area contributed by atoms with E-state index < -0.39 is 22.0 Å². The minimum absolute atomic E-state index is 0.294. The summed E-state index contributed by atoms with van der Waals surface area (Å²) in [6.45, 7) is 1.53. The van der Waals surface area contributed by atoms with Gasteiger partial charge >= 0.3 is 0 Å². The zero-order chi connectivity index (χ0) is 13.9. The molecule has 1 rings (SSSR count). The van der Waals surface area contributed by atoms with Crippen LogP contribution in [0.2, 0.25) is 5.02 Å². The first-order chi connectivity index (χ1) is 8.19. The van der Waals surface area contributed by atoms with Gasteiger partial charge in [-0.05, 0) is 25.1 Å². The van der Waals surface area contributed by atoms with Crippen molar-refractivity contribution >= 4 is 38.9 Å². The van der Waals surface area contributed by atoms with Gasteiger partial charge in [0, 0.05) is 0 Å². The van der Waals surface area contributed by atoms with Crippen LogP contribution in [-0.4, -0.2) is 26.6 Å². The second-order valence-corrected chi connectivity index (χ2v) is 6.00. The van der Waals surface area contributed by atoms with Gasteiger partial charge in [-0.25, -0.2) is 8.42 Å². The summed E-state index contributed by atoms with van der Waals surface area (Å²) in [5.41, 5.74) is 6.01.